The van der Waals surface area contributed by atoms with Crippen molar-refractivity contribution in [3.8, 4) is 0 Å². The number of carbonyl (C=O) groups is 3. The van der Waals surface area contributed by atoms with E-state index in [4.69, 9.17) is 4.74 Å². The number of hydrogen-bond acceptors (Lipinski definition) is 4. The second kappa shape index (κ2) is 8.06. The van der Waals surface area contributed by atoms with Crippen LogP contribution < -0.4 is 5.32 Å². The number of ether oxygens (including phenoxy) is 1. The average molecular weight is 325 g/mol. The number of nitrogens with one attached hydrogen (secondary N) is 1. The molecule has 0 bridgehead atoms. The lowest BCUT2D eigenvalue weighted by Gasteiger charge is -2.09. The molecule has 0 radical (unpaired) electrons. The Morgan fingerprint density at radius 2 is 1.62 bits per heavy atom. The Labute approximate surface area is 140 Å². The van der Waals surface area contributed by atoms with Gasteiger partial charge < -0.3 is 10.1 Å². The van der Waals surface area contributed by atoms with Gasteiger partial charge in [0.15, 0.2) is 12.4 Å². The molecule has 0 aromatic heterocycles. The minimum atomic E-state index is -0.611. The van der Waals surface area contributed by atoms with E-state index in [1.165, 1.54) is 6.07 Å². The highest BCUT2D eigenvalue weighted by atomic mass is 16.5. The molecule has 1 N–H and O–H groups in total. The highest BCUT2D eigenvalue weighted by molar-refractivity contribution is 6.00. The molecule has 124 valence electrons. The van der Waals surface area contributed by atoms with Gasteiger partial charge in [-0.1, -0.05) is 50.2 Å². The normalized spacial score (nSPS) is 10.3. The maximum atomic E-state index is 12.1. The summed E-state index contributed by atoms with van der Waals surface area (Å²) in [6.45, 7) is 3.23. The van der Waals surface area contributed by atoms with E-state index in [9.17, 15) is 14.4 Å². The van der Waals surface area contributed by atoms with E-state index in [-0.39, 0.29) is 29.8 Å². The summed E-state index contributed by atoms with van der Waals surface area (Å²) in [5.74, 6) is -1.18. The number of anilines is 1. The van der Waals surface area contributed by atoms with Crippen molar-refractivity contribution in [3.05, 3.63) is 65.7 Å². The van der Waals surface area contributed by atoms with Crippen molar-refractivity contribution in [2.75, 3.05) is 11.9 Å². The predicted octanol–water partition coefficient (Wildman–Crippen LogP) is 3.32. The molecule has 0 heterocycles. The second-order valence-electron chi connectivity index (χ2n) is 5.59. The van der Waals surface area contributed by atoms with Crippen molar-refractivity contribution >= 4 is 23.3 Å². The van der Waals surface area contributed by atoms with Crippen molar-refractivity contribution in [2.45, 2.75) is 13.8 Å². The van der Waals surface area contributed by atoms with E-state index in [0.29, 0.717) is 11.3 Å². The first-order valence-electron chi connectivity index (χ1n) is 7.63. The predicted molar refractivity (Wildman–Crippen MR) is 91.0 cm³/mol. The fraction of sp³-hybridized carbons (Fsp3) is 0.211. The molecule has 2 rings (SSSR count). The molecule has 24 heavy (non-hydrogen) atoms. The van der Waals surface area contributed by atoms with E-state index in [0.717, 1.165) is 0 Å². The van der Waals surface area contributed by atoms with Gasteiger partial charge in [0.2, 0.25) is 5.91 Å². The molecule has 0 saturated carbocycles. The first kappa shape index (κ1) is 17.4. The molecule has 0 aliphatic rings. The monoisotopic (exact) mass is 325 g/mol. The zero-order valence-electron chi connectivity index (χ0n) is 13.6. The fourth-order valence-corrected chi connectivity index (χ4v) is 1.93. The summed E-state index contributed by atoms with van der Waals surface area (Å²) in [5, 5.41) is 2.71. The van der Waals surface area contributed by atoms with E-state index in [1.807, 2.05) is 0 Å². The van der Waals surface area contributed by atoms with Crippen LogP contribution in [0, 0.1) is 5.92 Å². The molecular weight excluding hydrogens is 306 g/mol. The van der Waals surface area contributed by atoms with Gasteiger partial charge in [-0.05, 0) is 18.2 Å². The maximum absolute atomic E-state index is 12.1. The van der Waals surface area contributed by atoms with E-state index in [1.54, 1.807) is 62.4 Å². The summed E-state index contributed by atoms with van der Waals surface area (Å²) in [4.78, 5) is 35.7. The Bertz CT molecular complexity index is 738. The third-order valence-corrected chi connectivity index (χ3v) is 3.32. The van der Waals surface area contributed by atoms with Crippen LogP contribution in [0.1, 0.15) is 34.6 Å². The topological polar surface area (TPSA) is 72.5 Å². The first-order valence-corrected chi connectivity index (χ1v) is 7.63. The number of esters is 1. The number of rotatable bonds is 6. The van der Waals surface area contributed by atoms with E-state index >= 15 is 0 Å². The van der Waals surface area contributed by atoms with Crippen LogP contribution in [0.3, 0.4) is 0 Å². The number of benzene rings is 2. The second-order valence-corrected chi connectivity index (χ2v) is 5.59. The first-order chi connectivity index (χ1) is 11.5. The smallest absolute Gasteiger partial charge is 0.338 e. The lowest BCUT2D eigenvalue weighted by Crippen LogP contribution is -2.18. The lowest BCUT2D eigenvalue weighted by molar-refractivity contribution is -0.118. The Morgan fingerprint density at radius 3 is 2.29 bits per heavy atom. The number of hydrogen-bond donors (Lipinski definition) is 1. The molecule has 5 nitrogen and oxygen atoms in total. The van der Waals surface area contributed by atoms with E-state index < -0.39 is 5.97 Å². The van der Waals surface area contributed by atoms with Gasteiger partial charge >= 0.3 is 5.97 Å². The van der Waals surface area contributed by atoms with Gasteiger partial charge in [0.1, 0.15) is 0 Å². The van der Waals surface area contributed by atoms with E-state index in [2.05, 4.69) is 5.32 Å². The summed E-state index contributed by atoms with van der Waals surface area (Å²) in [5.41, 5.74) is 1.28. The molecule has 1 amide bonds. The highest BCUT2D eigenvalue weighted by Gasteiger charge is 2.13. The van der Waals surface area contributed by atoms with Crippen LogP contribution in [0.2, 0.25) is 0 Å². The van der Waals surface area contributed by atoms with Crippen LogP contribution in [0.25, 0.3) is 0 Å². The van der Waals surface area contributed by atoms with Crippen molar-refractivity contribution in [2.24, 2.45) is 5.92 Å². The minimum absolute atomic E-state index is 0.139. The van der Waals surface area contributed by atoms with Crippen LogP contribution in [0.4, 0.5) is 5.69 Å². The molecule has 0 aliphatic heterocycles. The number of amides is 1. The molecule has 0 aliphatic carbocycles. The fourth-order valence-electron chi connectivity index (χ4n) is 1.93. The van der Waals surface area contributed by atoms with Gasteiger partial charge in [0, 0.05) is 17.2 Å². The summed E-state index contributed by atoms with van der Waals surface area (Å²) in [7, 11) is 0. The largest absolute Gasteiger partial charge is 0.454 e. The molecular formula is C19H19NO4. The van der Waals surface area contributed by atoms with Crippen molar-refractivity contribution in [1.29, 1.82) is 0 Å². The number of ketones is 1. The third-order valence-electron chi connectivity index (χ3n) is 3.32. The maximum Gasteiger partial charge on any atom is 0.338 e. The average Bonchev–Trinajstić information content (AvgIpc) is 2.60. The quantitative estimate of drug-likeness (QED) is 0.653. The summed E-state index contributed by atoms with van der Waals surface area (Å²) < 4.78 is 5.05. The minimum Gasteiger partial charge on any atom is -0.454 e. The summed E-state index contributed by atoms with van der Waals surface area (Å²) in [6, 6.07) is 15.1. The Morgan fingerprint density at radius 1 is 0.958 bits per heavy atom. The lowest BCUT2D eigenvalue weighted by atomic mass is 10.1. The van der Waals surface area contributed by atoms with Gasteiger partial charge in [-0.25, -0.2) is 4.79 Å². The van der Waals surface area contributed by atoms with Crippen LogP contribution in [-0.2, 0) is 9.53 Å². The molecule has 2 aromatic rings. The van der Waals surface area contributed by atoms with Crippen LogP contribution >= 0.6 is 0 Å². The summed E-state index contributed by atoms with van der Waals surface area (Å²) in [6.07, 6.45) is 0. The Hall–Kier alpha value is -2.95. The van der Waals surface area contributed by atoms with Crippen LogP contribution in [0.15, 0.2) is 54.6 Å². The van der Waals surface area contributed by atoms with Gasteiger partial charge in [0.25, 0.3) is 0 Å². The van der Waals surface area contributed by atoms with Gasteiger partial charge in [0.05, 0.1) is 5.56 Å². The van der Waals surface area contributed by atoms with Crippen LogP contribution in [-0.4, -0.2) is 24.3 Å². The standard InChI is InChI=1S/C19H19NO4/c1-13(2)18(22)20-16-10-6-9-15(11-16)19(23)24-12-17(21)14-7-4-3-5-8-14/h3-11,13H,12H2,1-2H3,(H,20,22). The zero-order chi connectivity index (χ0) is 17.5. The van der Waals surface area contributed by atoms with Gasteiger partial charge in [-0.15, -0.1) is 0 Å². The van der Waals surface area contributed by atoms with Crippen molar-refractivity contribution in [1.82, 2.24) is 0 Å². The molecule has 0 saturated heterocycles. The van der Waals surface area contributed by atoms with Crippen molar-refractivity contribution < 1.29 is 19.1 Å². The zero-order valence-corrected chi connectivity index (χ0v) is 13.6. The molecule has 0 spiro atoms. The number of Topliss-reactive ketones (excluding diaryl/α,β-unsaturated/α-hetero) is 1. The van der Waals surface area contributed by atoms with Crippen molar-refractivity contribution in [3.63, 3.8) is 0 Å². The molecule has 0 atom stereocenters. The molecule has 0 unspecified atom stereocenters. The van der Waals surface area contributed by atoms with Gasteiger partial charge in [-0.2, -0.15) is 0 Å². The molecule has 2 aromatic carbocycles. The van der Waals surface area contributed by atoms with Gasteiger partial charge in [-0.3, -0.25) is 9.59 Å². The summed E-state index contributed by atoms with van der Waals surface area (Å²) >= 11 is 0. The molecule has 0 fully saturated rings. The highest BCUT2D eigenvalue weighted by Crippen LogP contribution is 2.13. The Balaban J connectivity index is 1.97. The SMILES string of the molecule is CC(C)C(=O)Nc1cccc(C(=O)OCC(=O)c2ccccc2)c1. The third kappa shape index (κ3) is 4.78. The Kier molecular flexibility index (Phi) is 5.84. The number of carbonyl (C=O) groups excluding carboxylic acids is 3. The van der Waals surface area contributed by atoms with Crippen LogP contribution in [0.5, 0.6) is 0 Å². The molecule has 5 heteroatoms.